The third-order valence-electron chi connectivity index (χ3n) is 3.58. The first-order chi connectivity index (χ1) is 10.3. The number of benzene rings is 1. The van der Waals surface area contributed by atoms with Crippen molar-refractivity contribution in [2.24, 2.45) is 0 Å². The topological polar surface area (TPSA) is 61.9 Å². The molecule has 2 aromatic rings. The molecular formula is C15H18N4OS. The highest BCUT2D eigenvalue weighted by atomic mass is 32.2. The van der Waals surface area contributed by atoms with Gasteiger partial charge in [0.2, 0.25) is 11.1 Å². The average Bonchev–Trinajstić information content (AvgIpc) is 3.00. The lowest BCUT2D eigenvalue weighted by molar-refractivity contribution is -0.116. The van der Waals surface area contributed by atoms with Crippen molar-refractivity contribution in [2.45, 2.75) is 31.3 Å². The minimum atomic E-state index is 0.120. The summed E-state index contributed by atoms with van der Waals surface area (Å²) in [5, 5.41) is 7.62. The molecule has 1 aliphatic heterocycles. The summed E-state index contributed by atoms with van der Waals surface area (Å²) in [4.78, 5) is 18.7. The summed E-state index contributed by atoms with van der Waals surface area (Å²) in [6.07, 6.45) is 2.89. The van der Waals surface area contributed by atoms with Crippen molar-refractivity contribution >= 4 is 23.4 Å². The number of aromatic nitrogens is 3. The minimum Gasteiger partial charge on any atom is -0.311 e. The van der Waals surface area contributed by atoms with Gasteiger partial charge in [0, 0.05) is 18.7 Å². The van der Waals surface area contributed by atoms with Crippen molar-refractivity contribution in [3.05, 3.63) is 35.7 Å². The van der Waals surface area contributed by atoms with Crippen LogP contribution in [0, 0.1) is 0 Å². The first-order valence-electron chi connectivity index (χ1n) is 7.20. The number of aromatic amines is 1. The molecule has 3 rings (SSSR count). The van der Waals surface area contributed by atoms with Gasteiger partial charge in [0.15, 0.2) is 0 Å². The molecule has 0 radical (unpaired) electrons. The standard InChI is InChI=1S/C15H18N4OS/c1-2-13-16-15(18-17-13)21-10-14(20)19-9-5-7-11-6-3-4-8-12(11)19/h3-4,6,8H,2,5,7,9-10H2,1H3,(H,16,17,18). The zero-order valence-electron chi connectivity index (χ0n) is 12.0. The van der Waals surface area contributed by atoms with Gasteiger partial charge in [-0.15, -0.1) is 5.10 Å². The van der Waals surface area contributed by atoms with Crippen molar-refractivity contribution in [1.82, 2.24) is 15.2 Å². The number of para-hydroxylation sites is 1. The van der Waals surface area contributed by atoms with E-state index in [1.54, 1.807) is 0 Å². The van der Waals surface area contributed by atoms with Gasteiger partial charge in [-0.25, -0.2) is 4.98 Å². The molecule has 0 aliphatic carbocycles. The maximum atomic E-state index is 12.4. The van der Waals surface area contributed by atoms with Gasteiger partial charge in [0.05, 0.1) is 5.75 Å². The van der Waals surface area contributed by atoms with E-state index >= 15 is 0 Å². The predicted molar refractivity (Wildman–Crippen MR) is 83.6 cm³/mol. The van der Waals surface area contributed by atoms with Gasteiger partial charge >= 0.3 is 0 Å². The van der Waals surface area contributed by atoms with Gasteiger partial charge in [-0.1, -0.05) is 36.9 Å². The van der Waals surface area contributed by atoms with E-state index in [1.807, 2.05) is 30.0 Å². The average molecular weight is 302 g/mol. The molecule has 0 bridgehead atoms. The van der Waals surface area contributed by atoms with Gasteiger partial charge in [-0.05, 0) is 24.5 Å². The van der Waals surface area contributed by atoms with Crippen LogP contribution >= 0.6 is 11.8 Å². The smallest absolute Gasteiger partial charge is 0.237 e. The largest absolute Gasteiger partial charge is 0.311 e. The highest BCUT2D eigenvalue weighted by Gasteiger charge is 2.22. The number of carbonyl (C=O) groups is 1. The van der Waals surface area contributed by atoms with E-state index in [1.165, 1.54) is 17.3 Å². The summed E-state index contributed by atoms with van der Waals surface area (Å²) in [7, 11) is 0. The Morgan fingerprint density at radius 1 is 1.43 bits per heavy atom. The number of fused-ring (bicyclic) bond motifs is 1. The summed E-state index contributed by atoms with van der Waals surface area (Å²) in [5.74, 6) is 1.35. The molecule has 0 atom stereocenters. The number of nitrogens with zero attached hydrogens (tertiary/aromatic N) is 3. The number of anilines is 1. The van der Waals surface area contributed by atoms with Crippen LogP contribution < -0.4 is 4.90 Å². The van der Waals surface area contributed by atoms with Crippen molar-refractivity contribution in [3.8, 4) is 0 Å². The monoisotopic (exact) mass is 302 g/mol. The third kappa shape index (κ3) is 3.10. The van der Waals surface area contributed by atoms with Gasteiger partial charge in [0.1, 0.15) is 5.82 Å². The molecule has 21 heavy (non-hydrogen) atoms. The molecule has 6 heteroatoms. The van der Waals surface area contributed by atoms with Gasteiger partial charge in [-0.2, -0.15) is 0 Å². The van der Waals surface area contributed by atoms with E-state index in [2.05, 4.69) is 21.2 Å². The molecule has 0 spiro atoms. The van der Waals surface area contributed by atoms with Crippen molar-refractivity contribution in [1.29, 1.82) is 0 Å². The number of H-pyrrole nitrogens is 1. The fourth-order valence-electron chi connectivity index (χ4n) is 2.50. The van der Waals surface area contributed by atoms with E-state index in [0.29, 0.717) is 10.9 Å². The van der Waals surface area contributed by atoms with Crippen LogP contribution in [0.4, 0.5) is 5.69 Å². The van der Waals surface area contributed by atoms with Gasteiger partial charge in [-0.3, -0.25) is 9.89 Å². The zero-order chi connectivity index (χ0) is 14.7. The summed E-state index contributed by atoms with van der Waals surface area (Å²) in [6.45, 7) is 2.81. The van der Waals surface area contributed by atoms with Crippen LogP contribution in [0.2, 0.25) is 0 Å². The summed E-state index contributed by atoms with van der Waals surface area (Å²) in [6, 6.07) is 8.14. The van der Waals surface area contributed by atoms with Crippen LogP contribution in [0.1, 0.15) is 24.7 Å². The first-order valence-corrected chi connectivity index (χ1v) is 8.19. The van der Waals surface area contributed by atoms with E-state index in [-0.39, 0.29) is 5.91 Å². The Labute approximate surface area is 128 Å². The number of amides is 1. The molecule has 0 unspecified atom stereocenters. The van der Waals surface area contributed by atoms with Gasteiger partial charge < -0.3 is 4.90 Å². The van der Waals surface area contributed by atoms with Crippen LogP contribution in [-0.4, -0.2) is 33.4 Å². The predicted octanol–water partition coefficient (Wildman–Crippen LogP) is 2.44. The molecule has 1 aliphatic rings. The van der Waals surface area contributed by atoms with E-state index in [0.717, 1.165) is 37.3 Å². The molecule has 1 N–H and O–H groups in total. The number of thioether (sulfide) groups is 1. The summed E-state index contributed by atoms with van der Waals surface area (Å²) >= 11 is 1.39. The Balaban J connectivity index is 1.66. The van der Waals surface area contributed by atoms with E-state index in [9.17, 15) is 4.79 Å². The molecule has 2 heterocycles. The fourth-order valence-corrected chi connectivity index (χ4v) is 3.19. The Morgan fingerprint density at radius 2 is 2.29 bits per heavy atom. The first kappa shape index (κ1) is 14.1. The molecule has 1 aromatic heterocycles. The van der Waals surface area contributed by atoms with Gasteiger partial charge in [0.25, 0.3) is 0 Å². The lowest BCUT2D eigenvalue weighted by atomic mass is 10.0. The summed E-state index contributed by atoms with van der Waals surface area (Å²) < 4.78 is 0. The normalized spacial score (nSPS) is 14.0. The Kier molecular flexibility index (Phi) is 4.24. The molecule has 0 saturated heterocycles. The second-order valence-corrected chi connectivity index (χ2v) is 5.93. The van der Waals surface area contributed by atoms with Crippen molar-refractivity contribution in [3.63, 3.8) is 0 Å². The van der Waals surface area contributed by atoms with Crippen LogP contribution in [0.5, 0.6) is 0 Å². The number of hydrogen-bond donors (Lipinski definition) is 1. The third-order valence-corrected chi connectivity index (χ3v) is 4.41. The fraction of sp³-hybridized carbons (Fsp3) is 0.400. The minimum absolute atomic E-state index is 0.120. The molecule has 0 fully saturated rings. The van der Waals surface area contributed by atoms with Crippen LogP contribution in [0.25, 0.3) is 0 Å². The van der Waals surface area contributed by atoms with Crippen LogP contribution in [-0.2, 0) is 17.6 Å². The molecule has 1 aromatic carbocycles. The quantitative estimate of drug-likeness (QED) is 0.881. The molecule has 0 saturated carbocycles. The highest BCUT2D eigenvalue weighted by molar-refractivity contribution is 7.99. The Hall–Kier alpha value is -1.82. The SMILES string of the molecule is CCc1nc(SCC(=O)N2CCCc3ccccc32)n[nH]1. The maximum absolute atomic E-state index is 12.4. The lowest BCUT2D eigenvalue weighted by Crippen LogP contribution is -2.36. The number of nitrogens with one attached hydrogen (secondary N) is 1. The number of hydrogen-bond acceptors (Lipinski definition) is 4. The molecule has 110 valence electrons. The second kappa shape index (κ2) is 6.30. The molecule has 5 nitrogen and oxygen atoms in total. The van der Waals surface area contributed by atoms with Crippen molar-refractivity contribution < 1.29 is 4.79 Å². The molecule has 1 amide bonds. The van der Waals surface area contributed by atoms with E-state index < -0.39 is 0 Å². The van der Waals surface area contributed by atoms with E-state index in [4.69, 9.17) is 0 Å². The number of aryl methyl sites for hydroxylation is 2. The van der Waals surface area contributed by atoms with Crippen molar-refractivity contribution in [2.75, 3.05) is 17.2 Å². The van der Waals surface area contributed by atoms with Crippen LogP contribution in [0.15, 0.2) is 29.4 Å². The van der Waals surface area contributed by atoms with Crippen LogP contribution in [0.3, 0.4) is 0 Å². The lowest BCUT2D eigenvalue weighted by Gasteiger charge is -2.29. The zero-order valence-corrected chi connectivity index (χ0v) is 12.8. The number of rotatable bonds is 4. The Morgan fingerprint density at radius 3 is 3.10 bits per heavy atom. The highest BCUT2D eigenvalue weighted by Crippen LogP contribution is 2.27. The second-order valence-electron chi connectivity index (χ2n) is 4.98. The Bertz CT molecular complexity index is 640. The number of carbonyl (C=O) groups excluding carboxylic acids is 1. The maximum Gasteiger partial charge on any atom is 0.237 e. The summed E-state index contributed by atoms with van der Waals surface area (Å²) in [5.41, 5.74) is 2.31. The molecular weight excluding hydrogens is 284 g/mol.